The van der Waals surface area contributed by atoms with Crippen molar-refractivity contribution in [3.8, 4) is 5.75 Å². The van der Waals surface area contributed by atoms with Crippen LogP contribution < -0.4 is 10.5 Å². The monoisotopic (exact) mass is 304 g/mol. The number of allylic oxidation sites excluding steroid dienone is 1. The van der Waals surface area contributed by atoms with Crippen molar-refractivity contribution < 1.29 is 19.1 Å². The van der Waals surface area contributed by atoms with Crippen LogP contribution in [0.15, 0.2) is 30.3 Å². The molecule has 22 heavy (non-hydrogen) atoms. The van der Waals surface area contributed by atoms with Crippen LogP contribution in [0.1, 0.15) is 12.5 Å². The van der Waals surface area contributed by atoms with Gasteiger partial charge >= 0.3 is 0 Å². The summed E-state index contributed by atoms with van der Waals surface area (Å²) in [6.45, 7) is 2.78. The Labute approximate surface area is 129 Å². The Bertz CT molecular complexity index is 598. The Morgan fingerprint density at radius 3 is 2.82 bits per heavy atom. The van der Waals surface area contributed by atoms with Gasteiger partial charge < -0.3 is 20.1 Å². The summed E-state index contributed by atoms with van der Waals surface area (Å²) in [5.41, 5.74) is 6.88. The minimum atomic E-state index is -0.738. The Morgan fingerprint density at radius 1 is 1.41 bits per heavy atom. The zero-order chi connectivity index (χ0) is 16.1. The molecule has 2 rings (SSSR count). The molecule has 1 aliphatic heterocycles. The van der Waals surface area contributed by atoms with Gasteiger partial charge in [-0.15, -0.1) is 0 Å². The zero-order valence-corrected chi connectivity index (χ0v) is 12.7. The molecule has 1 aromatic carbocycles. The largest absolute Gasteiger partial charge is 0.496 e. The van der Waals surface area contributed by atoms with Crippen molar-refractivity contribution in [2.45, 2.75) is 13.0 Å². The molecule has 1 heterocycles. The molecule has 1 fully saturated rings. The minimum absolute atomic E-state index is 0.169. The smallest absolute Gasteiger partial charge is 0.248 e. The molecule has 1 saturated heterocycles. The third-order valence-electron chi connectivity index (χ3n) is 3.57. The van der Waals surface area contributed by atoms with Crippen LogP contribution in [0.5, 0.6) is 5.75 Å². The molecule has 1 aromatic rings. The summed E-state index contributed by atoms with van der Waals surface area (Å²) in [6, 6.07) is 7.49. The molecular formula is C16H20N2O4. The van der Waals surface area contributed by atoms with Gasteiger partial charge in [-0.25, -0.2) is 0 Å². The predicted octanol–water partition coefficient (Wildman–Crippen LogP) is 0.811. The van der Waals surface area contributed by atoms with Gasteiger partial charge in [-0.3, -0.25) is 9.59 Å². The molecule has 118 valence electrons. The molecule has 1 atom stereocenters. The van der Waals surface area contributed by atoms with Crippen LogP contribution in [0.2, 0.25) is 0 Å². The first-order valence-electron chi connectivity index (χ1n) is 7.04. The van der Waals surface area contributed by atoms with Gasteiger partial charge in [0, 0.05) is 18.2 Å². The number of carbonyl (C=O) groups is 2. The summed E-state index contributed by atoms with van der Waals surface area (Å²) in [6.07, 6.45) is 0.805. The van der Waals surface area contributed by atoms with E-state index in [9.17, 15) is 9.59 Å². The highest BCUT2D eigenvalue weighted by molar-refractivity contribution is 5.96. The van der Waals surface area contributed by atoms with E-state index in [4.69, 9.17) is 15.2 Å². The highest BCUT2D eigenvalue weighted by Crippen LogP contribution is 2.25. The van der Waals surface area contributed by atoms with E-state index in [1.165, 1.54) is 0 Å². The maximum Gasteiger partial charge on any atom is 0.248 e. The fourth-order valence-corrected chi connectivity index (χ4v) is 2.35. The van der Waals surface area contributed by atoms with Gasteiger partial charge in [0.15, 0.2) is 6.10 Å². The molecule has 0 aliphatic carbocycles. The molecule has 0 saturated carbocycles. The molecule has 0 spiro atoms. The summed E-state index contributed by atoms with van der Waals surface area (Å²) in [5, 5.41) is 0. The second-order valence-corrected chi connectivity index (χ2v) is 5.07. The van der Waals surface area contributed by atoms with Crippen molar-refractivity contribution in [3.63, 3.8) is 0 Å². The van der Waals surface area contributed by atoms with Crippen LogP contribution in [0.3, 0.4) is 0 Å². The maximum atomic E-state index is 12.4. The number of methoxy groups -OCH3 is 1. The molecule has 2 amide bonds. The molecule has 0 bridgehead atoms. The summed E-state index contributed by atoms with van der Waals surface area (Å²) in [4.78, 5) is 25.1. The van der Waals surface area contributed by atoms with E-state index in [0.717, 1.165) is 11.1 Å². The normalized spacial score (nSPS) is 18.9. The van der Waals surface area contributed by atoms with Crippen molar-refractivity contribution in [2.75, 3.05) is 26.8 Å². The van der Waals surface area contributed by atoms with Crippen molar-refractivity contribution >= 4 is 17.4 Å². The fourth-order valence-electron chi connectivity index (χ4n) is 2.35. The van der Waals surface area contributed by atoms with Gasteiger partial charge in [-0.1, -0.05) is 18.2 Å². The van der Waals surface area contributed by atoms with Gasteiger partial charge in [0.2, 0.25) is 11.8 Å². The zero-order valence-electron chi connectivity index (χ0n) is 12.7. The van der Waals surface area contributed by atoms with Crippen LogP contribution in [0.4, 0.5) is 0 Å². The minimum Gasteiger partial charge on any atom is -0.496 e. The third kappa shape index (κ3) is 3.65. The van der Waals surface area contributed by atoms with Gasteiger partial charge in [-0.05, 0) is 18.6 Å². The van der Waals surface area contributed by atoms with E-state index in [-0.39, 0.29) is 12.5 Å². The van der Waals surface area contributed by atoms with Gasteiger partial charge in [0.05, 0.1) is 20.3 Å². The van der Waals surface area contributed by atoms with Crippen LogP contribution >= 0.6 is 0 Å². The number of rotatable bonds is 4. The highest BCUT2D eigenvalue weighted by atomic mass is 16.5. The standard InChI is InChI=1S/C16H20N2O4/c1-11(12-5-3-4-6-13(12)21-2)9-15(19)18-7-8-22-14(10-18)16(17)20/h3-6,9,14H,7-8,10H2,1-2H3,(H2,17,20)/b11-9+/t14-/m0/s1. The number of primary amides is 1. The maximum absolute atomic E-state index is 12.4. The lowest BCUT2D eigenvalue weighted by Crippen LogP contribution is -2.50. The van der Waals surface area contributed by atoms with Gasteiger partial charge in [0.25, 0.3) is 0 Å². The SMILES string of the molecule is COc1ccccc1/C(C)=C/C(=O)N1CCO[C@H](C(N)=O)C1. The Morgan fingerprint density at radius 2 is 2.14 bits per heavy atom. The van der Waals surface area contributed by atoms with E-state index in [1.54, 1.807) is 18.1 Å². The Balaban J connectivity index is 2.14. The van der Waals surface area contributed by atoms with E-state index >= 15 is 0 Å². The summed E-state index contributed by atoms with van der Waals surface area (Å²) < 4.78 is 10.5. The van der Waals surface area contributed by atoms with Crippen molar-refractivity contribution in [1.29, 1.82) is 0 Å². The number of hydrogen-bond acceptors (Lipinski definition) is 4. The number of hydrogen-bond donors (Lipinski definition) is 1. The van der Waals surface area contributed by atoms with Crippen LogP contribution in [0.25, 0.3) is 5.57 Å². The number of benzene rings is 1. The number of para-hydroxylation sites is 1. The van der Waals surface area contributed by atoms with Gasteiger partial charge in [0.1, 0.15) is 5.75 Å². The van der Waals surface area contributed by atoms with E-state index < -0.39 is 12.0 Å². The average molecular weight is 304 g/mol. The second kappa shape index (κ2) is 7.09. The number of amides is 2. The van der Waals surface area contributed by atoms with Gasteiger partial charge in [-0.2, -0.15) is 0 Å². The highest BCUT2D eigenvalue weighted by Gasteiger charge is 2.27. The number of nitrogens with zero attached hydrogens (tertiary/aromatic N) is 1. The molecule has 0 aromatic heterocycles. The lowest BCUT2D eigenvalue weighted by molar-refractivity contribution is -0.142. The fraction of sp³-hybridized carbons (Fsp3) is 0.375. The lowest BCUT2D eigenvalue weighted by Gasteiger charge is -2.30. The number of carbonyl (C=O) groups excluding carboxylic acids is 2. The quantitative estimate of drug-likeness (QED) is 0.835. The molecule has 6 heteroatoms. The predicted molar refractivity (Wildman–Crippen MR) is 82.2 cm³/mol. The molecule has 6 nitrogen and oxygen atoms in total. The molecule has 0 unspecified atom stereocenters. The molecular weight excluding hydrogens is 284 g/mol. The first-order valence-corrected chi connectivity index (χ1v) is 7.04. The van der Waals surface area contributed by atoms with Crippen LogP contribution in [0, 0.1) is 0 Å². The summed E-state index contributed by atoms with van der Waals surface area (Å²) in [5.74, 6) is -0.0121. The van der Waals surface area contributed by atoms with E-state index in [1.807, 2.05) is 31.2 Å². The Kier molecular flexibility index (Phi) is 5.16. The second-order valence-electron chi connectivity index (χ2n) is 5.07. The first kappa shape index (κ1) is 16.0. The summed E-state index contributed by atoms with van der Waals surface area (Å²) >= 11 is 0. The number of ether oxygens (including phenoxy) is 2. The molecule has 1 aliphatic rings. The first-order chi connectivity index (χ1) is 10.5. The third-order valence-corrected chi connectivity index (χ3v) is 3.57. The number of morpholine rings is 1. The van der Waals surface area contributed by atoms with E-state index in [0.29, 0.717) is 18.9 Å². The van der Waals surface area contributed by atoms with Crippen molar-refractivity contribution in [1.82, 2.24) is 4.90 Å². The van der Waals surface area contributed by atoms with Crippen LogP contribution in [-0.4, -0.2) is 49.6 Å². The molecule has 2 N–H and O–H groups in total. The number of nitrogens with two attached hydrogens (primary N) is 1. The lowest BCUT2D eigenvalue weighted by atomic mass is 10.1. The molecule has 0 radical (unpaired) electrons. The average Bonchev–Trinajstić information content (AvgIpc) is 2.54. The van der Waals surface area contributed by atoms with E-state index in [2.05, 4.69) is 0 Å². The van der Waals surface area contributed by atoms with Crippen molar-refractivity contribution in [3.05, 3.63) is 35.9 Å². The summed E-state index contributed by atoms with van der Waals surface area (Å²) in [7, 11) is 1.59. The Hall–Kier alpha value is -2.34. The topological polar surface area (TPSA) is 81.9 Å². The van der Waals surface area contributed by atoms with Crippen LogP contribution in [-0.2, 0) is 14.3 Å². The van der Waals surface area contributed by atoms with Crippen molar-refractivity contribution in [2.24, 2.45) is 5.73 Å².